The molecule has 2 heterocycles. The second-order valence-corrected chi connectivity index (χ2v) is 4.96. The van der Waals surface area contributed by atoms with Crippen LogP contribution in [0.4, 0.5) is 32.2 Å². The molecule has 1 aromatic heterocycles. The first-order valence-corrected chi connectivity index (χ1v) is 6.14. The molecule has 1 aromatic rings. The van der Waals surface area contributed by atoms with Crippen molar-refractivity contribution in [1.29, 1.82) is 0 Å². The van der Waals surface area contributed by atoms with Crippen molar-refractivity contribution in [2.75, 3.05) is 18.0 Å². The fourth-order valence-electron chi connectivity index (χ4n) is 2.38. The van der Waals surface area contributed by atoms with Gasteiger partial charge in [-0.3, -0.25) is 4.79 Å². The van der Waals surface area contributed by atoms with Crippen LogP contribution in [0.25, 0.3) is 0 Å². The van der Waals surface area contributed by atoms with Crippen molar-refractivity contribution in [2.45, 2.75) is 12.4 Å². The minimum atomic E-state index is -4.67. The van der Waals surface area contributed by atoms with Gasteiger partial charge < -0.3 is 10.6 Å². The highest BCUT2D eigenvalue weighted by Crippen LogP contribution is 2.39. The Labute approximate surface area is 120 Å². The Morgan fingerprint density at radius 1 is 1.23 bits per heavy atom. The fourth-order valence-corrected chi connectivity index (χ4v) is 2.38. The zero-order valence-corrected chi connectivity index (χ0v) is 10.9. The van der Waals surface area contributed by atoms with Crippen LogP contribution in [0.15, 0.2) is 18.3 Å². The molecule has 10 heteroatoms. The lowest BCUT2D eigenvalue weighted by molar-refractivity contribution is -0.181. The molecule has 1 fully saturated rings. The van der Waals surface area contributed by atoms with Crippen LogP contribution in [-0.4, -0.2) is 30.2 Å². The number of carbonyl (C=O) groups is 1. The third-order valence-corrected chi connectivity index (χ3v) is 3.50. The van der Waals surface area contributed by atoms with E-state index in [1.54, 1.807) is 0 Å². The molecule has 0 unspecified atom stereocenters. The van der Waals surface area contributed by atoms with Crippen molar-refractivity contribution in [3.8, 4) is 0 Å². The molecule has 1 aliphatic rings. The van der Waals surface area contributed by atoms with Gasteiger partial charge in [0.05, 0.1) is 17.4 Å². The number of halogens is 6. The Kier molecular flexibility index (Phi) is 3.96. The molecule has 1 saturated heterocycles. The van der Waals surface area contributed by atoms with Crippen molar-refractivity contribution < 1.29 is 31.1 Å². The molecule has 0 radical (unpaired) electrons. The van der Waals surface area contributed by atoms with Crippen LogP contribution in [-0.2, 0) is 11.0 Å². The number of carbonyl (C=O) groups excluding carboxylic acids is 1. The van der Waals surface area contributed by atoms with Gasteiger partial charge in [0.25, 0.3) is 0 Å². The number of nitrogens with two attached hydrogens (primary N) is 1. The molecule has 2 rings (SSSR count). The van der Waals surface area contributed by atoms with E-state index < -0.39 is 48.7 Å². The summed E-state index contributed by atoms with van der Waals surface area (Å²) in [6.45, 7) is -1.08. The Bertz CT molecular complexity index is 571. The molecule has 0 spiro atoms. The summed E-state index contributed by atoms with van der Waals surface area (Å²) in [6.07, 6.45) is -8.45. The monoisotopic (exact) mass is 327 g/mol. The molecule has 4 nitrogen and oxygen atoms in total. The van der Waals surface area contributed by atoms with E-state index >= 15 is 0 Å². The highest BCUT2D eigenvalue weighted by molar-refractivity contribution is 5.78. The van der Waals surface area contributed by atoms with Gasteiger partial charge in [-0.05, 0) is 12.1 Å². The molecule has 0 aliphatic carbocycles. The third kappa shape index (κ3) is 3.25. The second-order valence-electron chi connectivity index (χ2n) is 4.96. The number of hydrogen-bond acceptors (Lipinski definition) is 3. The fraction of sp³-hybridized carbons (Fsp3) is 0.500. The summed E-state index contributed by atoms with van der Waals surface area (Å²) in [7, 11) is 0. The molecule has 1 aliphatic heterocycles. The number of pyridine rings is 1. The summed E-state index contributed by atoms with van der Waals surface area (Å²) in [4.78, 5) is 15.8. The topological polar surface area (TPSA) is 59.2 Å². The average molecular weight is 327 g/mol. The Morgan fingerprint density at radius 2 is 1.86 bits per heavy atom. The van der Waals surface area contributed by atoms with Gasteiger partial charge in [-0.25, -0.2) is 4.98 Å². The quantitative estimate of drug-likeness (QED) is 0.847. The minimum Gasteiger partial charge on any atom is -0.369 e. The number of anilines is 1. The van der Waals surface area contributed by atoms with Crippen molar-refractivity contribution in [1.82, 2.24) is 4.98 Å². The molecule has 2 N–H and O–H groups in total. The van der Waals surface area contributed by atoms with Gasteiger partial charge in [-0.15, -0.1) is 0 Å². The number of primary amides is 1. The number of amides is 1. The summed E-state index contributed by atoms with van der Waals surface area (Å²) in [5.41, 5.74) is 3.93. The van der Waals surface area contributed by atoms with Crippen molar-refractivity contribution in [3.63, 3.8) is 0 Å². The zero-order valence-electron chi connectivity index (χ0n) is 10.9. The molecule has 122 valence electrons. The summed E-state index contributed by atoms with van der Waals surface area (Å²) in [5, 5.41) is 0. The summed E-state index contributed by atoms with van der Waals surface area (Å²) < 4.78 is 76.6. The van der Waals surface area contributed by atoms with Crippen LogP contribution >= 0.6 is 0 Å². The summed E-state index contributed by atoms with van der Waals surface area (Å²) in [5.74, 6) is -4.96. The molecule has 0 bridgehead atoms. The Morgan fingerprint density at radius 3 is 2.32 bits per heavy atom. The third-order valence-electron chi connectivity index (χ3n) is 3.50. The number of aromatic nitrogens is 1. The number of hydrogen-bond donors (Lipinski definition) is 1. The number of rotatable bonds is 2. The summed E-state index contributed by atoms with van der Waals surface area (Å²) in [6, 6.07) is 1.36. The molecular weight excluding hydrogens is 316 g/mol. The van der Waals surface area contributed by atoms with Gasteiger partial charge in [0.1, 0.15) is 5.82 Å². The van der Waals surface area contributed by atoms with Gasteiger partial charge in [0.2, 0.25) is 5.91 Å². The maximum absolute atomic E-state index is 12.9. The van der Waals surface area contributed by atoms with E-state index in [2.05, 4.69) is 4.98 Å². The van der Waals surface area contributed by atoms with Crippen LogP contribution in [0.2, 0.25) is 0 Å². The highest BCUT2D eigenvalue weighted by atomic mass is 19.4. The van der Waals surface area contributed by atoms with E-state index in [0.29, 0.717) is 12.1 Å². The largest absolute Gasteiger partial charge is 0.416 e. The first-order valence-electron chi connectivity index (χ1n) is 6.14. The van der Waals surface area contributed by atoms with Gasteiger partial charge >= 0.3 is 12.4 Å². The maximum Gasteiger partial charge on any atom is 0.416 e. The standard InChI is InChI=1S/C12H11F6N3O/c13-11(14,15)6-1-2-20-9(3-6)21-4-7(10(19)22)8(5-21)12(16,17)18/h1-3,7-8H,4-5H2,(H2,19,22)/t7-,8-/m1/s1. The van der Waals surface area contributed by atoms with E-state index in [9.17, 15) is 31.1 Å². The predicted octanol–water partition coefficient (Wildman–Crippen LogP) is 2.20. The zero-order chi connectivity index (χ0) is 16.7. The van der Waals surface area contributed by atoms with E-state index in [4.69, 9.17) is 5.73 Å². The van der Waals surface area contributed by atoms with Gasteiger partial charge in [0.15, 0.2) is 0 Å². The van der Waals surface area contributed by atoms with Crippen molar-refractivity contribution in [2.24, 2.45) is 17.6 Å². The minimum absolute atomic E-state index is 0.271. The van der Waals surface area contributed by atoms with Crippen LogP contribution in [0.3, 0.4) is 0 Å². The molecule has 0 aromatic carbocycles. The van der Waals surface area contributed by atoms with Crippen LogP contribution in [0, 0.1) is 11.8 Å². The van der Waals surface area contributed by atoms with Crippen molar-refractivity contribution in [3.05, 3.63) is 23.9 Å². The van der Waals surface area contributed by atoms with E-state index in [0.717, 1.165) is 11.1 Å². The SMILES string of the molecule is NC(=O)[C@@H]1CN(c2cc(C(F)(F)F)ccn2)C[C@H]1C(F)(F)F. The first kappa shape index (κ1) is 16.4. The Hall–Kier alpha value is -2.00. The van der Waals surface area contributed by atoms with Crippen LogP contribution < -0.4 is 10.6 Å². The highest BCUT2D eigenvalue weighted by Gasteiger charge is 2.52. The molecule has 0 saturated carbocycles. The predicted molar refractivity (Wildman–Crippen MR) is 63.7 cm³/mol. The lowest BCUT2D eigenvalue weighted by atomic mass is 9.95. The van der Waals surface area contributed by atoms with E-state index in [-0.39, 0.29) is 5.82 Å². The lowest BCUT2D eigenvalue weighted by Crippen LogP contribution is -2.37. The summed E-state index contributed by atoms with van der Waals surface area (Å²) >= 11 is 0. The van der Waals surface area contributed by atoms with Crippen molar-refractivity contribution >= 4 is 11.7 Å². The smallest absolute Gasteiger partial charge is 0.369 e. The van der Waals surface area contributed by atoms with Crippen LogP contribution in [0.1, 0.15) is 5.56 Å². The van der Waals surface area contributed by atoms with Crippen LogP contribution in [0.5, 0.6) is 0 Å². The molecule has 2 atom stereocenters. The second kappa shape index (κ2) is 5.33. The average Bonchev–Trinajstić information content (AvgIpc) is 2.83. The first-order chi connectivity index (χ1) is 10.00. The molecule has 22 heavy (non-hydrogen) atoms. The lowest BCUT2D eigenvalue weighted by Gasteiger charge is -2.19. The normalized spacial score (nSPS) is 22.9. The van der Waals surface area contributed by atoms with E-state index in [1.807, 2.05) is 0 Å². The maximum atomic E-state index is 12.9. The molecular formula is C12H11F6N3O. The molecule has 1 amide bonds. The number of nitrogens with zero attached hydrogens (tertiary/aromatic N) is 2. The Balaban J connectivity index is 2.30. The number of alkyl halides is 6. The van der Waals surface area contributed by atoms with Gasteiger partial charge in [-0.2, -0.15) is 26.3 Å². The van der Waals surface area contributed by atoms with Gasteiger partial charge in [-0.1, -0.05) is 0 Å². The van der Waals surface area contributed by atoms with E-state index in [1.165, 1.54) is 0 Å². The van der Waals surface area contributed by atoms with Gasteiger partial charge in [0, 0.05) is 19.3 Å².